The van der Waals surface area contributed by atoms with Gasteiger partial charge in [0.05, 0.1) is 11.3 Å². The maximum Gasteiger partial charge on any atom is 0.217 e. The maximum atomic E-state index is 12.2. The molecule has 1 aliphatic heterocycles. The Morgan fingerprint density at radius 3 is 2.78 bits per heavy atom. The van der Waals surface area contributed by atoms with Crippen molar-refractivity contribution in [1.82, 2.24) is 19.2 Å². The van der Waals surface area contributed by atoms with Gasteiger partial charge in [-0.3, -0.25) is 4.90 Å². The van der Waals surface area contributed by atoms with E-state index in [-0.39, 0.29) is 11.3 Å². The molecule has 1 saturated heterocycles. The van der Waals surface area contributed by atoms with Crippen molar-refractivity contribution in [3.63, 3.8) is 0 Å². The summed E-state index contributed by atoms with van der Waals surface area (Å²) in [6.45, 7) is 1.84. The average molecular weight is 270 g/mol. The van der Waals surface area contributed by atoms with E-state index >= 15 is 0 Å². The van der Waals surface area contributed by atoms with Crippen LogP contribution < -0.4 is 0 Å². The number of hydrogen-bond acceptors (Lipinski definition) is 4. The molecule has 100 valence electrons. The van der Waals surface area contributed by atoms with E-state index in [0.717, 1.165) is 25.2 Å². The summed E-state index contributed by atoms with van der Waals surface area (Å²) in [6.07, 6.45) is 5.12. The van der Waals surface area contributed by atoms with Crippen molar-refractivity contribution in [1.29, 1.82) is 0 Å². The van der Waals surface area contributed by atoms with Crippen molar-refractivity contribution >= 4 is 10.0 Å². The smallest absolute Gasteiger partial charge is 0.217 e. The third-order valence-electron chi connectivity index (χ3n) is 3.75. The van der Waals surface area contributed by atoms with Crippen LogP contribution in [0.2, 0.25) is 0 Å². The van der Waals surface area contributed by atoms with Crippen LogP contribution in [0.1, 0.15) is 24.7 Å². The Balaban J connectivity index is 1.80. The number of nitrogens with zero attached hydrogens (tertiary/aromatic N) is 3. The molecule has 1 saturated carbocycles. The zero-order valence-corrected chi connectivity index (χ0v) is 11.2. The normalized spacial score (nSPS) is 27.5. The van der Waals surface area contributed by atoms with Gasteiger partial charge in [0.2, 0.25) is 10.0 Å². The summed E-state index contributed by atoms with van der Waals surface area (Å²) in [5, 5.41) is -0.127. The number of hydrogen-bond donors (Lipinski definition) is 1. The highest BCUT2D eigenvalue weighted by atomic mass is 32.2. The number of piperazine rings is 1. The SMILES string of the molecule is CN1CCN(S(=O)(=O)C2CC2)CC1c1ncc[nH]1. The predicted molar refractivity (Wildman–Crippen MR) is 67.5 cm³/mol. The molecule has 2 heterocycles. The topological polar surface area (TPSA) is 69.3 Å². The van der Waals surface area contributed by atoms with Gasteiger partial charge in [0.1, 0.15) is 5.82 Å². The van der Waals surface area contributed by atoms with Crippen LogP contribution in [0.3, 0.4) is 0 Å². The first kappa shape index (κ1) is 12.1. The quantitative estimate of drug-likeness (QED) is 0.851. The van der Waals surface area contributed by atoms with Crippen LogP contribution in [0, 0.1) is 0 Å². The van der Waals surface area contributed by atoms with Crippen molar-refractivity contribution in [3.05, 3.63) is 18.2 Å². The van der Waals surface area contributed by atoms with E-state index in [4.69, 9.17) is 0 Å². The molecule has 3 rings (SSSR count). The Kier molecular flexibility index (Phi) is 2.91. The van der Waals surface area contributed by atoms with Crippen LogP contribution in [-0.2, 0) is 10.0 Å². The standard InChI is InChI=1S/C11H18N4O2S/c1-14-6-7-15(18(16,17)9-2-3-9)8-10(14)11-12-4-5-13-11/h4-5,9-10H,2-3,6-8H2,1H3,(H,12,13). The summed E-state index contributed by atoms with van der Waals surface area (Å²) in [5.74, 6) is 0.841. The summed E-state index contributed by atoms with van der Waals surface area (Å²) in [7, 11) is -1.06. The van der Waals surface area contributed by atoms with Gasteiger partial charge in [-0.1, -0.05) is 0 Å². The van der Waals surface area contributed by atoms with Gasteiger partial charge in [0.25, 0.3) is 0 Å². The Bertz CT molecular complexity index is 509. The fraction of sp³-hybridized carbons (Fsp3) is 0.727. The van der Waals surface area contributed by atoms with Gasteiger partial charge in [0, 0.05) is 32.0 Å². The second-order valence-corrected chi connectivity index (χ2v) is 7.29. The van der Waals surface area contributed by atoms with Gasteiger partial charge in [-0.15, -0.1) is 0 Å². The Labute approximate surface area is 107 Å². The molecular formula is C11H18N4O2S. The van der Waals surface area contributed by atoms with Gasteiger partial charge in [-0.25, -0.2) is 13.4 Å². The Hall–Kier alpha value is -0.920. The van der Waals surface area contributed by atoms with Crippen LogP contribution >= 0.6 is 0 Å². The summed E-state index contributed by atoms with van der Waals surface area (Å²) < 4.78 is 26.1. The van der Waals surface area contributed by atoms with Gasteiger partial charge in [0.15, 0.2) is 0 Å². The maximum absolute atomic E-state index is 12.2. The van der Waals surface area contributed by atoms with Gasteiger partial charge in [-0.05, 0) is 19.9 Å². The van der Waals surface area contributed by atoms with E-state index < -0.39 is 10.0 Å². The molecule has 1 aromatic heterocycles. The lowest BCUT2D eigenvalue weighted by molar-refractivity contribution is 0.142. The average Bonchev–Trinajstić information content (AvgIpc) is 3.08. The minimum atomic E-state index is -3.07. The summed E-state index contributed by atoms with van der Waals surface area (Å²) in [4.78, 5) is 9.48. The molecule has 1 atom stereocenters. The van der Waals surface area contributed by atoms with Crippen molar-refractivity contribution in [2.45, 2.75) is 24.1 Å². The third kappa shape index (κ3) is 2.06. The number of likely N-dealkylation sites (N-methyl/N-ethyl adjacent to an activating group) is 1. The second kappa shape index (κ2) is 4.32. The van der Waals surface area contributed by atoms with E-state index in [2.05, 4.69) is 14.9 Å². The fourth-order valence-corrected chi connectivity index (χ4v) is 4.25. The number of nitrogens with one attached hydrogen (secondary N) is 1. The molecule has 7 heteroatoms. The molecule has 1 aliphatic carbocycles. The highest BCUT2D eigenvalue weighted by Gasteiger charge is 2.42. The van der Waals surface area contributed by atoms with Crippen LogP contribution in [0.25, 0.3) is 0 Å². The number of sulfonamides is 1. The monoisotopic (exact) mass is 270 g/mol. The van der Waals surface area contributed by atoms with E-state index in [0.29, 0.717) is 13.1 Å². The molecule has 0 spiro atoms. The van der Waals surface area contributed by atoms with Gasteiger partial charge >= 0.3 is 0 Å². The first-order chi connectivity index (χ1) is 8.59. The predicted octanol–water partition coefficient (Wildman–Crippen LogP) is 0.190. The number of H-pyrrole nitrogens is 1. The van der Waals surface area contributed by atoms with Crippen molar-refractivity contribution in [3.8, 4) is 0 Å². The number of aromatic nitrogens is 2. The summed E-state index contributed by atoms with van der Waals surface area (Å²) in [5.41, 5.74) is 0. The van der Waals surface area contributed by atoms with Crippen molar-refractivity contribution in [2.75, 3.05) is 26.7 Å². The zero-order chi connectivity index (χ0) is 12.8. The van der Waals surface area contributed by atoms with Crippen LogP contribution in [0.15, 0.2) is 12.4 Å². The fourth-order valence-electron chi connectivity index (χ4n) is 2.41. The first-order valence-corrected chi connectivity index (χ1v) is 7.78. The van der Waals surface area contributed by atoms with Gasteiger partial charge < -0.3 is 4.98 Å². The molecule has 18 heavy (non-hydrogen) atoms. The first-order valence-electron chi connectivity index (χ1n) is 6.27. The highest BCUT2D eigenvalue weighted by molar-refractivity contribution is 7.90. The second-order valence-electron chi connectivity index (χ2n) is 5.07. The van der Waals surface area contributed by atoms with Crippen molar-refractivity contribution < 1.29 is 8.42 Å². The number of imidazole rings is 1. The lowest BCUT2D eigenvalue weighted by Crippen LogP contribution is -2.50. The third-order valence-corrected chi connectivity index (χ3v) is 6.12. The van der Waals surface area contributed by atoms with E-state index in [1.54, 1.807) is 16.7 Å². The molecule has 6 nitrogen and oxygen atoms in total. The van der Waals surface area contributed by atoms with E-state index in [1.165, 1.54) is 0 Å². The molecule has 1 aromatic rings. The molecule has 2 fully saturated rings. The molecule has 2 aliphatic rings. The van der Waals surface area contributed by atoms with Gasteiger partial charge in [-0.2, -0.15) is 4.31 Å². The lowest BCUT2D eigenvalue weighted by atomic mass is 10.2. The van der Waals surface area contributed by atoms with Crippen LogP contribution in [0.5, 0.6) is 0 Å². The molecule has 0 radical (unpaired) electrons. The molecule has 1 unspecified atom stereocenters. The summed E-state index contributed by atoms with van der Waals surface area (Å²) in [6, 6.07) is 0.0299. The minimum Gasteiger partial charge on any atom is -0.347 e. The van der Waals surface area contributed by atoms with Crippen molar-refractivity contribution in [2.24, 2.45) is 0 Å². The van der Waals surface area contributed by atoms with Crippen LogP contribution in [0.4, 0.5) is 0 Å². The highest BCUT2D eigenvalue weighted by Crippen LogP contribution is 2.33. The molecule has 0 amide bonds. The lowest BCUT2D eigenvalue weighted by Gasteiger charge is -2.37. The largest absolute Gasteiger partial charge is 0.347 e. The molecule has 1 N–H and O–H groups in total. The Morgan fingerprint density at radius 2 is 2.17 bits per heavy atom. The van der Waals surface area contributed by atoms with E-state index in [9.17, 15) is 8.42 Å². The number of aromatic amines is 1. The van der Waals surface area contributed by atoms with Crippen LogP contribution in [-0.4, -0.2) is 59.5 Å². The molecular weight excluding hydrogens is 252 g/mol. The molecule has 0 aromatic carbocycles. The summed E-state index contributed by atoms with van der Waals surface area (Å²) >= 11 is 0. The number of rotatable bonds is 3. The van der Waals surface area contributed by atoms with E-state index in [1.807, 2.05) is 7.05 Å². The zero-order valence-electron chi connectivity index (χ0n) is 10.4. The molecule has 0 bridgehead atoms. The minimum absolute atomic E-state index is 0.0299. The Morgan fingerprint density at radius 1 is 1.39 bits per heavy atom.